The van der Waals surface area contributed by atoms with E-state index in [0.29, 0.717) is 0 Å². The molecule has 0 aliphatic heterocycles. The van der Waals surface area contributed by atoms with E-state index in [-0.39, 0.29) is 6.61 Å². The van der Waals surface area contributed by atoms with Crippen LogP contribution in [0.5, 0.6) is 0 Å². The second kappa shape index (κ2) is 3.64. The summed E-state index contributed by atoms with van der Waals surface area (Å²) in [5.41, 5.74) is 8.69. The minimum Gasteiger partial charge on any atom is -0.394 e. The lowest BCUT2D eigenvalue weighted by molar-refractivity contribution is 0.266. The summed E-state index contributed by atoms with van der Waals surface area (Å²) in [6.07, 6.45) is 2.02. The van der Waals surface area contributed by atoms with Crippen molar-refractivity contribution in [1.29, 1.82) is 0 Å². The molecule has 0 aromatic carbocycles. The second-order valence-electron chi connectivity index (χ2n) is 3.80. The highest BCUT2D eigenvalue weighted by atomic mass is 16.3. The molecule has 1 atom stereocenters. The van der Waals surface area contributed by atoms with Crippen LogP contribution in [-0.4, -0.2) is 21.1 Å². The molecule has 0 saturated heterocycles. The normalized spacial score (nSPS) is 13.3. The fraction of sp³-hybridized carbons (Fsp3) is 0.364. The Morgan fingerprint density at radius 3 is 2.87 bits per heavy atom. The smallest absolute Gasteiger partial charge is 0.110 e. The van der Waals surface area contributed by atoms with Crippen LogP contribution in [-0.2, 0) is 0 Å². The van der Waals surface area contributed by atoms with E-state index in [1.54, 1.807) is 0 Å². The van der Waals surface area contributed by atoms with Gasteiger partial charge in [0.2, 0.25) is 0 Å². The molecule has 2 aromatic heterocycles. The van der Waals surface area contributed by atoms with Gasteiger partial charge in [-0.05, 0) is 25.5 Å². The zero-order chi connectivity index (χ0) is 11.0. The topological polar surface area (TPSA) is 63.5 Å². The number of aliphatic hydroxyl groups is 1. The summed E-state index contributed by atoms with van der Waals surface area (Å²) in [6.45, 7) is 3.88. The predicted octanol–water partition coefficient (Wildman–Crippen LogP) is 0.943. The number of hydrogen-bond acceptors (Lipinski definition) is 3. The number of hydrogen-bond donors (Lipinski definition) is 2. The summed E-state index contributed by atoms with van der Waals surface area (Å²) in [5, 5.41) is 9.04. The molecule has 15 heavy (non-hydrogen) atoms. The maximum absolute atomic E-state index is 9.04. The molecule has 0 spiro atoms. The van der Waals surface area contributed by atoms with Gasteiger partial charge < -0.3 is 15.2 Å². The molecule has 4 heteroatoms. The monoisotopic (exact) mass is 205 g/mol. The average molecular weight is 205 g/mol. The lowest BCUT2D eigenvalue weighted by Crippen LogP contribution is -2.15. The third-order valence-corrected chi connectivity index (χ3v) is 2.54. The van der Waals surface area contributed by atoms with Crippen LogP contribution < -0.4 is 5.73 Å². The standard InChI is InChI=1S/C11H15N3O/c1-7-3-4-10-11(9(12)6-15)13-8(2)14(10)5-7/h3-5,9,15H,6,12H2,1-2H3. The first-order valence-electron chi connectivity index (χ1n) is 4.95. The van der Waals surface area contributed by atoms with E-state index in [0.717, 1.165) is 17.0 Å². The van der Waals surface area contributed by atoms with Crippen LogP contribution in [0.25, 0.3) is 5.52 Å². The first-order valence-corrected chi connectivity index (χ1v) is 4.95. The van der Waals surface area contributed by atoms with Gasteiger partial charge in [-0.2, -0.15) is 0 Å². The molecule has 2 rings (SSSR count). The second-order valence-corrected chi connectivity index (χ2v) is 3.80. The Morgan fingerprint density at radius 2 is 2.20 bits per heavy atom. The van der Waals surface area contributed by atoms with E-state index in [1.807, 2.05) is 36.6 Å². The fourth-order valence-corrected chi connectivity index (χ4v) is 1.73. The molecule has 80 valence electrons. The van der Waals surface area contributed by atoms with Crippen molar-refractivity contribution in [2.45, 2.75) is 19.9 Å². The number of nitrogens with two attached hydrogens (primary N) is 1. The first kappa shape index (κ1) is 10.1. The van der Waals surface area contributed by atoms with Crippen molar-refractivity contribution in [3.05, 3.63) is 35.4 Å². The van der Waals surface area contributed by atoms with E-state index < -0.39 is 6.04 Å². The number of nitrogens with zero attached hydrogens (tertiary/aromatic N) is 2. The molecule has 1 unspecified atom stereocenters. The van der Waals surface area contributed by atoms with Gasteiger partial charge in [-0.15, -0.1) is 0 Å². The number of aryl methyl sites for hydroxylation is 2. The van der Waals surface area contributed by atoms with Crippen LogP contribution in [0.4, 0.5) is 0 Å². The lowest BCUT2D eigenvalue weighted by atomic mass is 10.2. The van der Waals surface area contributed by atoms with E-state index in [4.69, 9.17) is 10.8 Å². The minimum absolute atomic E-state index is 0.0833. The van der Waals surface area contributed by atoms with Gasteiger partial charge in [-0.1, -0.05) is 6.07 Å². The molecule has 2 aromatic rings. The molecule has 2 heterocycles. The van der Waals surface area contributed by atoms with Crippen LogP contribution in [0.3, 0.4) is 0 Å². The minimum atomic E-state index is -0.406. The molecule has 0 amide bonds. The van der Waals surface area contributed by atoms with Crippen molar-refractivity contribution >= 4 is 5.52 Å². The molecular formula is C11H15N3O. The van der Waals surface area contributed by atoms with E-state index >= 15 is 0 Å². The zero-order valence-electron chi connectivity index (χ0n) is 8.94. The Balaban J connectivity index is 2.68. The number of rotatable bonds is 2. The summed E-state index contributed by atoms with van der Waals surface area (Å²) < 4.78 is 2.00. The van der Waals surface area contributed by atoms with Crippen molar-refractivity contribution in [2.24, 2.45) is 5.73 Å². The Morgan fingerprint density at radius 1 is 1.47 bits per heavy atom. The number of aromatic nitrogens is 2. The van der Waals surface area contributed by atoms with Crippen molar-refractivity contribution in [3.8, 4) is 0 Å². The number of aliphatic hydroxyl groups excluding tert-OH is 1. The van der Waals surface area contributed by atoms with Gasteiger partial charge in [0.1, 0.15) is 5.82 Å². The summed E-state index contributed by atoms with van der Waals surface area (Å²) in [7, 11) is 0. The summed E-state index contributed by atoms with van der Waals surface area (Å²) in [4.78, 5) is 4.38. The highest BCUT2D eigenvalue weighted by Crippen LogP contribution is 2.18. The third-order valence-electron chi connectivity index (χ3n) is 2.54. The molecular weight excluding hydrogens is 190 g/mol. The summed E-state index contributed by atoms with van der Waals surface area (Å²) in [5.74, 6) is 0.896. The average Bonchev–Trinajstić information content (AvgIpc) is 2.55. The maximum Gasteiger partial charge on any atom is 0.110 e. The Bertz CT molecular complexity index is 490. The van der Waals surface area contributed by atoms with Crippen molar-refractivity contribution in [2.75, 3.05) is 6.61 Å². The zero-order valence-corrected chi connectivity index (χ0v) is 8.94. The van der Waals surface area contributed by atoms with Crippen LogP contribution in [0.1, 0.15) is 23.1 Å². The number of imidazole rings is 1. The predicted molar refractivity (Wildman–Crippen MR) is 58.7 cm³/mol. The Kier molecular flexibility index (Phi) is 2.46. The Hall–Kier alpha value is -1.39. The quantitative estimate of drug-likeness (QED) is 0.767. The molecule has 0 bridgehead atoms. The largest absolute Gasteiger partial charge is 0.394 e. The van der Waals surface area contributed by atoms with Crippen molar-refractivity contribution in [3.63, 3.8) is 0 Å². The first-order chi connectivity index (χ1) is 7.13. The van der Waals surface area contributed by atoms with Crippen LogP contribution >= 0.6 is 0 Å². The molecule has 0 radical (unpaired) electrons. The van der Waals surface area contributed by atoms with Gasteiger partial charge in [0.15, 0.2) is 0 Å². The maximum atomic E-state index is 9.04. The fourth-order valence-electron chi connectivity index (χ4n) is 1.73. The van der Waals surface area contributed by atoms with Gasteiger partial charge >= 0.3 is 0 Å². The van der Waals surface area contributed by atoms with Gasteiger partial charge in [-0.3, -0.25) is 0 Å². The van der Waals surface area contributed by atoms with Gasteiger partial charge in [0, 0.05) is 6.20 Å². The highest BCUT2D eigenvalue weighted by molar-refractivity contribution is 5.55. The SMILES string of the molecule is Cc1ccc2c(C(N)CO)nc(C)n2c1. The Labute approximate surface area is 88.4 Å². The lowest BCUT2D eigenvalue weighted by Gasteiger charge is -2.05. The molecule has 3 N–H and O–H groups in total. The van der Waals surface area contributed by atoms with E-state index in [1.165, 1.54) is 5.56 Å². The van der Waals surface area contributed by atoms with Gasteiger partial charge in [-0.25, -0.2) is 4.98 Å². The van der Waals surface area contributed by atoms with Crippen LogP contribution in [0.15, 0.2) is 18.3 Å². The van der Waals surface area contributed by atoms with Crippen molar-refractivity contribution < 1.29 is 5.11 Å². The van der Waals surface area contributed by atoms with Crippen LogP contribution in [0.2, 0.25) is 0 Å². The molecule has 0 fully saturated rings. The molecule has 4 nitrogen and oxygen atoms in total. The van der Waals surface area contributed by atoms with E-state index in [2.05, 4.69) is 4.98 Å². The molecule has 0 aliphatic rings. The van der Waals surface area contributed by atoms with Crippen molar-refractivity contribution in [1.82, 2.24) is 9.38 Å². The third kappa shape index (κ3) is 1.62. The van der Waals surface area contributed by atoms with E-state index in [9.17, 15) is 0 Å². The number of pyridine rings is 1. The molecule has 0 aliphatic carbocycles. The summed E-state index contributed by atoms with van der Waals surface area (Å²) in [6, 6.07) is 3.60. The highest BCUT2D eigenvalue weighted by Gasteiger charge is 2.13. The number of fused-ring (bicyclic) bond motifs is 1. The van der Waals surface area contributed by atoms with Gasteiger partial charge in [0.05, 0.1) is 23.9 Å². The molecule has 0 saturated carbocycles. The van der Waals surface area contributed by atoms with Gasteiger partial charge in [0.25, 0.3) is 0 Å². The van der Waals surface area contributed by atoms with Crippen LogP contribution in [0, 0.1) is 13.8 Å². The summed E-state index contributed by atoms with van der Waals surface area (Å²) >= 11 is 0.